The molecule has 3 aliphatic rings. The van der Waals surface area contributed by atoms with Crippen LogP contribution in [-0.4, -0.2) is 46.9 Å². The van der Waals surface area contributed by atoms with E-state index in [-0.39, 0.29) is 11.3 Å². The lowest BCUT2D eigenvalue weighted by molar-refractivity contribution is -0.128. The van der Waals surface area contributed by atoms with Gasteiger partial charge in [-0.2, -0.15) is 5.10 Å². The van der Waals surface area contributed by atoms with Gasteiger partial charge in [-0.3, -0.25) is 4.79 Å². The molecule has 2 N–H and O–H groups in total. The molecule has 0 radical (unpaired) electrons. The van der Waals surface area contributed by atoms with Gasteiger partial charge in [-0.05, 0) is 38.0 Å². The van der Waals surface area contributed by atoms with E-state index < -0.39 is 0 Å². The number of anilines is 1. The summed E-state index contributed by atoms with van der Waals surface area (Å²) in [6.07, 6.45) is 4.77. The Morgan fingerprint density at radius 1 is 1.24 bits per heavy atom. The molecule has 0 aromatic carbocycles. The Bertz CT molecular complexity index is 661. The van der Waals surface area contributed by atoms with Gasteiger partial charge < -0.3 is 15.4 Å². The highest BCUT2D eigenvalue weighted by molar-refractivity contribution is 5.86. The number of amides is 1. The number of carbonyl (C=O) groups excluding carboxylic acids is 1. The molecule has 1 aromatic rings. The van der Waals surface area contributed by atoms with E-state index in [1.807, 2.05) is 0 Å². The molecule has 2 aliphatic carbocycles. The zero-order chi connectivity index (χ0) is 17.4. The zero-order valence-electron chi connectivity index (χ0n) is 15.0. The maximum Gasteiger partial charge on any atom is 0.242 e. The smallest absolute Gasteiger partial charge is 0.242 e. The Kier molecular flexibility index (Phi) is 4.35. The summed E-state index contributed by atoms with van der Waals surface area (Å²) >= 11 is 0. The summed E-state index contributed by atoms with van der Waals surface area (Å²) in [5, 5.41) is 14.9. The Morgan fingerprint density at radius 3 is 2.68 bits per heavy atom. The minimum absolute atomic E-state index is 0.180. The van der Waals surface area contributed by atoms with Crippen molar-refractivity contribution in [1.82, 2.24) is 20.5 Å². The van der Waals surface area contributed by atoms with Gasteiger partial charge in [0, 0.05) is 18.5 Å². The quantitative estimate of drug-likeness (QED) is 0.775. The minimum Gasteiger partial charge on any atom is -0.380 e. The second-order valence-corrected chi connectivity index (χ2v) is 7.70. The van der Waals surface area contributed by atoms with E-state index in [0.717, 1.165) is 56.6 Å². The largest absolute Gasteiger partial charge is 0.380 e. The van der Waals surface area contributed by atoms with E-state index in [2.05, 4.69) is 39.7 Å². The van der Waals surface area contributed by atoms with Gasteiger partial charge in [0.25, 0.3) is 0 Å². The Balaban J connectivity index is 1.21. The minimum atomic E-state index is -0.180. The second-order valence-electron chi connectivity index (χ2n) is 7.70. The lowest BCUT2D eigenvalue weighted by Crippen LogP contribution is -2.49. The fourth-order valence-electron chi connectivity index (χ4n) is 4.10. The summed E-state index contributed by atoms with van der Waals surface area (Å²) in [5.41, 5.74) is 1.82. The fraction of sp³-hybridized carbons (Fsp3) is 0.778. The summed E-state index contributed by atoms with van der Waals surface area (Å²) in [5.74, 6) is 1.84. The van der Waals surface area contributed by atoms with Crippen molar-refractivity contribution < 1.29 is 9.53 Å². The summed E-state index contributed by atoms with van der Waals surface area (Å²) in [4.78, 5) is 17.0. The molecule has 7 heteroatoms. The highest BCUT2D eigenvalue weighted by Crippen LogP contribution is 2.57. The van der Waals surface area contributed by atoms with Crippen molar-refractivity contribution >= 4 is 11.9 Å². The lowest BCUT2D eigenvalue weighted by Gasteiger charge is -2.36. The van der Waals surface area contributed by atoms with Crippen LogP contribution in [0.1, 0.15) is 44.5 Å². The summed E-state index contributed by atoms with van der Waals surface area (Å²) in [7, 11) is 0. The molecule has 0 unspecified atom stereocenters. The summed E-state index contributed by atoms with van der Waals surface area (Å²) < 4.78 is 5.42. The van der Waals surface area contributed by atoms with E-state index in [0.29, 0.717) is 30.4 Å². The molecule has 0 bridgehead atoms. The van der Waals surface area contributed by atoms with Crippen LogP contribution in [0, 0.1) is 17.3 Å². The van der Waals surface area contributed by atoms with Crippen LogP contribution in [-0.2, 0) is 22.4 Å². The molecular weight excluding hydrogens is 318 g/mol. The predicted octanol–water partition coefficient (Wildman–Crippen LogP) is 1.34. The molecule has 1 amide bonds. The fourth-order valence-corrected chi connectivity index (χ4v) is 4.10. The highest BCUT2D eigenvalue weighted by atomic mass is 16.5. The summed E-state index contributed by atoms with van der Waals surface area (Å²) in [6.45, 7) is 6.36. The first-order valence-corrected chi connectivity index (χ1v) is 9.49. The van der Waals surface area contributed by atoms with Crippen LogP contribution in [0.5, 0.6) is 0 Å². The molecule has 136 valence electrons. The van der Waals surface area contributed by atoms with Gasteiger partial charge >= 0.3 is 0 Å². The van der Waals surface area contributed by atoms with Gasteiger partial charge in [0.15, 0.2) is 0 Å². The average molecular weight is 345 g/mol. The maximum atomic E-state index is 12.4. The number of carbonyl (C=O) groups is 1. The van der Waals surface area contributed by atoms with E-state index in [1.54, 1.807) is 0 Å². The number of ether oxygens (including phenoxy) is 1. The van der Waals surface area contributed by atoms with Crippen molar-refractivity contribution in [3.8, 4) is 0 Å². The van der Waals surface area contributed by atoms with Crippen LogP contribution in [0.3, 0.4) is 0 Å². The van der Waals surface area contributed by atoms with Gasteiger partial charge in [-0.1, -0.05) is 13.8 Å². The van der Waals surface area contributed by atoms with Crippen molar-refractivity contribution in [2.75, 3.05) is 25.1 Å². The first-order valence-electron chi connectivity index (χ1n) is 9.49. The monoisotopic (exact) mass is 345 g/mol. The average Bonchev–Trinajstić information content (AvgIpc) is 3.17. The van der Waals surface area contributed by atoms with Gasteiger partial charge in [0.05, 0.1) is 30.0 Å². The highest BCUT2D eigenvalue weighted by Gasteiger charge is 2.63. The Morgan fingerprint density at radius 2 is 2.04 bits per heavy atom. The third-order valence-corrected chi connectivity index (χ3v) is 5.99. The number of nitrogens with zero attached hydrogens (tertiary/aromatic N) is 3. The standard InChI is InChI=1S/C18H27N5O2/c1-3-14-15(4-2)22-23-17(21-14)19-8-11-5-13(6-11)20-16(24)18-7-12(18)9-25-10-18/h11-13H,3-10H2,1-2H3,(H,20,24)(H,19,21,23)/t11?,12-,13?,18-/m0/s1. The third kappa shape index (κ3) is 3.10. The lowest BCUT2D eigenvalue weighted by atomic mass is 9.80. The van der Waals surface area contributed by atoms with Crippen LogP contribution < -0.4 is 10.6 Å². The Hall–Kier alpha value is -1.76. The molecule has 25 heavy (non-hydrogen) atoms. The predicted molar refractivity (Wildman–Crippen MR) is 93.1 cm³/mol. The van der Waals surface area contributed by atoms with E-state index in [9.17, 15) is 4.79 Å². The Labute approximate surface area is 148 Å². The van der Waals surface area contributed by atoms with E-state index in [4.69, 9.17) is 4.74 Å². The number of hydrogen-bond donors (Lipinski definition) is 2. The normalized spacial score (nSPS) is 32.6. The molecule has 1 aromatic heterocycles. The van der Waals surface area contributed by atoms with E-state index in [1.165, 1.54) is 0 Å². The molecule has 2 atom stereocenters. The molecule has 0 spiro atoms. The molecule has 3 fully saturated rings. The van der Waals surface area contributed by atoms with Crippen molar-refractivity contribution in [1.29, 1.82) is 0 Å². The number of hydrogen-bond acceptors (Lipinski definition) is 6. The van der Waals surface area contributed by atoms with Crippen LogP contribution in [0.15, 0.2) is 0 Å². The zero-order valence-corrected chi connectivity index (χ0v) is 15.0. The summed E-state index contributed by atoms with van der Waals surface area (Å²) in [6, 6.07) is 0.309. The molecule has 7 nitrogen and oxygen atoms in total. The van der Waals surface area contributed by atoms with Crippen LogP contribution in [0.2, 0.25) is 0 Å². The number of aromatic nitrogens is 3. The van der Waals surface area contributed by atoms with Crippen molar-refractivity contribution in [3.05, 3.63) is 11.4 Å². The van der Waals surface area contributed by atoms with Crippen molar-refractivity contribution in [3.63, 3.8) is 0 Å². The maximum absolute atomic E-state index is 12.4. The second kappa shape index (κ2) is 6.52. The van der Waals surface area contributed by atoms with Crippen LogP contribution in [0.4, 0.5) is 5.95 Å². The molecular formula is C18H27N5O2. The number of nitrogens with one attached hydrogen (secondary N) is 2. The van der Waals surface area contributed by atoms with Crippen LogP contribution >= 0.6 is 0 Å². The number of fused-ring (bicyclic) bond motifs is 1. The van der Waals surface area contributed by atoms with Gasteiger partial charge in [0.1, 0.15) is 0 Å². The first kappa shape index (κ1) is 16.7. The van der Waals surface area contributed by atoms with Crippen molar-refractivity contribution in [2.24, 2.45) is 17.3 Å². The van der Waals surface area contributed by atoms with Crippen LogP contribution in [0.25, 0.3) is 0 Å². The SMILES string of the molecule is CCc1nnc(NCC2CC(NC(=O)[C@@]34COC[C@@H]3C4)C2)nc1CC. The molecule has 2 heterocycles. The molecule has 1 saturated heterocycles. The molecule has 2 saturated carbocycles. The van der Waals surface area contributed by atoms with Crippen molar-refractivity contribution in [2.45, 2.75) is 52.0 Å². The number of aryl methyl sites for hydroxylation is 2. The van der Waals surface area contributed by atoms with Gasteiger partial charge in [-0.15, -0.1) is 5.10 Å². The molecule has 1 aliphatic heterocycles. The van der Waals surface area contributed by atoms with E-state index >= 15 is 0 Å². The van der Waals surface area contributed by atoms with Gasteiger partial charge in [0.2, 0.25) is 11.9 Å². The third-order valence-electron chi connectivity index (χ3n) is 5.99. The molecule has 4 rings (SSSR count). The topological polar surface area (TPSA) is 89.0 Å². The number of rotatable bonds is 7. The van der Waals surface area contributed by atoms with Gasteiger partial charge in [-0.25, -0.2) is 4.98 Å². The first-order chi connectivity index (χ1) is 12.1.